The maximum Gasteiger partial charge on any atom is 0.241 e. The molecule has 1 aromatic heterocycles. The van der Waals surface area contributed by atoms with Crippen LogP contribution >= 0.6 is 11.3 Å². The lowest BCUT2D eigenvalue weighted by molar-refractivity contribution is -0.134. The first-order valence-electron chi connectivity index (χ1n) is 9.96. The van der Waals surface area contributed by atoms with Gasteiger partial charge in [-0.1, -0.05) is 0 Å². The van der Waals surface area contributed by atoms with Crippen LogP contribution in [0, 0.1) is 6.92 Å². The van der Waals surface area contributed by atoms with Crippen LogP contribution in [0.2, 0.25) is 0 Å². The third-order valence-electron chi connectivity index (χ3n) is 4.92. The van der Waals surface area contributed by atoms with Crippen molar-refractivity contribution in [3.8, 4) is 0 Å². The fraction of sp³-hybridized carbons (Fsp3) is 0.450. The predicted octanol–water partition coefficient (Wildman–Crippen LogP) is 1.42. The van der Waals surface area contributed by atoms with Gasteiger partial charge in [0.05, 0.1) is 21.6 Å². The number of nitrogens with zero attached hydrogens (tertiary/aromatic N) is 3. The third-order valence-corrected chi connectivity index (χ3v) is 7.30. The van der Waals surface area contributed by atoms with Crippen molar-refractivity contribution in [2.24, 2.45) is 0 Å². The molecule has 2 heterocycles. The average Bonchev–Trinajstić information content (AvgIpc) is 3.12. The Hall–Kier alpha value is -2.34. The fourth-order valence-electron chi connectivity index (χ4n) is 3.38. The van der Waals surface area contributed by atoms with Crippen LogP contribution in [-0.2, 0) is 26.2 Å². The molecule has 1 fully saturated rings. The Bertz CT molecular complexity index is 1030. The van der Waals surface area contributed by atoms with Gasteiger partial charge in [0.1, 0.15) is 0 Å². The van der Waals surface area contributed by atoms with Gasteiger partial charge < -0.3 is 10.2 Å². The highest BCUT2D eigenvalue weighted by molar-refractivity contribution is 7.89. The van der Waals surface area contributed by atoms with Gasteiger partial charge >= 0.3 is 0 Å². The predicted molar refractivity (Wildman–Crippen MR) is 119 cm³/mol. The van der Waals surface area contributed by atoms with Gasteiger partial charge in [-0.2, -0.15) is 4.72 Å². The van der Waals surface area contributed by atoms with E-state index in [0.29, 0.717) is 31.9 Å². The van der Waals surface area contributed by atoms with Crippen molar-refractivity contribution < 1.29 is 18.0 Å². The number of aryl methyl sites for hydroxylation is 1. The number of carbonyl (C=O) groups is 2. The van der Waals surface area contributed by atoms with E-state index in [1.807, 2.05) is 12.3 Å². The number of thiazole rings is 1. The molecule has 1 atom stereocenters. The Kier molecular flexibility index (Phi) is 7.42. The zero-order valence-corrected chi connectivity index (χ0v) is 19.4. The molecule has 1 aromatic carbocycles. The second-order valence-electron chi connectivity index (χ2n) is 7.51. The minimum Gasteiger partial charge on any atom is -0.339 e. The van der Waals surface area contributed by atoms with Crippen LogP contribution in [0.1, 0.15) is 24.5 Å². The lowest BCUT2D eigenvalue weighted by Crippen LogP contribution is -2.53. The van der Waals surface area contributed by atoms with Gasteiger partial charge in [0.15, 0.2) is 0 Å². The maximum atomic E-state index is 12.8. The number of hydrogen-bond acceptors (Lipinski definition) is 7. The molecule has 3 rings (SSSR count). The minimum absolute atomic E-state index is 0.0321. The Morgan fingerprint density at radius 3 is 2.35 bits per heavy atom. The average molecular weight is 466 g/mol. The molecule has 2 N–H and O–H groups in total. The highest BCUT2D eigenvalue weighted by Gasteiger charge is 2.28. The molecule has 0 saturated carbocycles. The Balaban J connectivity index is 1.53. The first-order chi connectivity index (χ1) is 14.6. The molecule has 168 valence electrons. The molecular formula is C20H27N5O4S2. The topological polar surface area (TPSA) is 112 Å². The number of sulfonamides is 1. The lowest BCUT2D eigenvalue weighted by Gasteiger charge is -2.35. The number of rotatable bonds is 7. The second-order valence-corrected chi connectivity index (χ2v) is 10.3. The summed E-state index contributed by atoms with van der Waals surface area (Å²) in [6, 6.07) is 4.91. The summed E-state index contributed by atoms with van der Waals surface area (Å²) in [5, 5.41) is 5.67. The van der Waals surface area contributed by atoms with Crippen LogP contribution < -0.4 is 10.0 Å². The van der Waals surface area contributed by atoms with Crippen LogP contribution in [0.4, 0.5) is 5.69 Å². The maximum absolute atomic E-state index is 12.8. The van der Waals surface area contributed by atoms with E-state index in [4.69, 9.17) is 0 Å². The molecule has 2 aromatic rings. The lowest BCUT2D eigenvalue weighted by atomic mass is 10.2. The van der Waals surface area contributed by atoms with Gasteiger partial charge in [-0.25, -0.2) is 13.4 Å². The summed E-state index contributed by atoms with van der Waals surface area (Å²) in [5.74, 6) is -0.489. The van der Waals surface area contributed by atoms with E-state index < -0.39 is 16.1 Å². The van der Waals surface area contributed by atoms with Crippen LogP contribution in [0.25, 0.3) is 0 Å². The van der Waals surface area contributed by atoms with Crippen molar-refractivity contribution in [2.75, 3.05) is 31.5 Å². The highest BCUT2D eigenvalue weighted by Crippen LogP contribution is 2.16. The number of nitrogens with one attached hydrogen (secondary N) is 2. The second kappa shape index (κ2) is 9.86. The zero-order chi connectivity index (χ0) is 22.6. The van der Waals surface area contributed by atoms with E-state index in [1.54, 1.807) is 23.2 Å². The highest BCUT2D eigenvalue weighted by atomic mass is 32.2. The van der Waals surface area contributed by atoms with Crippen LogP contribution in [0.3, 0.4) is 0 Å². The molecule has 0 bridgehead atoms. The molecular weight excluding hydrogens is 438 g/mol. The number of hydrogen-bond donors (Lipinski definition) is 2. The van der Waals surface area contributed by atoms with Gasteiger partial charge in [-0.05, 0) is 38.1 Å². The Morgan fingerprint density at radius 1 is 1.16 bits per heavy atom. The summed E-state index contributed by atoms with van der Waals surface area (Å²) >= 11 is 1.62. The monoisotopic (exact) mass is 465 g/mol. The van der Waals surface area contributed by atoms with Crippen LogP contribution in [-0.4, -0.2) is 67.2 Å². The van der Waals surface area contributed by atoms with Gasteiger partial charge in [-0.15, -0.1) is 11.3 Å². The first kappa shape index (κ1) is 23.3. The molecule has 0 spiro atoms. The summed E-state index contributed by atoms with van der Waals surface area (Å²) in [6.45, 7) is 8.17. The normalized spacial score (nSPS) is 16.2. The van der Waals surface area contributed by atoms with Gasteiger partial charge in [-0.3, -0.25) is 14.5 Å². The van der Waals surface area contributed by atoms with Crippen molar-refractivity contribution in [2.45, 2.75) is 38.3 Å². The SMILES string of the molecule is CC(=O)Nc1ccc(S(=O)(=O)N[C@@H](C)C(=O)N2CCN(Cc3csc(C)n3)CC2)cc1. The van der Waals surface area contributed by atoms with Crippen molar-refractivity contribution in [1.29, 1.82) is 0 Å². The smallest absolute Gasteiger partial charge is 0.241 e. The molecule has 0 unspecified atom stereocenters. The van der Waals surface area contributed by atoms with Crippen molar-refractivity contribution >= 4 is 38.9 Å². The molecule has 2 amide bonds. The molecule has 9 nitrogen and oxygen atoms in total. The van der Waals surface area contributed by atoms with E-state index in [9.17, 15) is 18.0 Å². The number of benzene rings is 1. The molecule has 1 saturated heterocycles. The zero-order valence-electron chi connectivity index (χ0n) is 17.8. The first-order valence-corrected chi connectivity index (χ1v) is 12.3. The summed E-state index contributed by atoms with van der Waals surface area (Å²) in [5.41, 5.74) is 1.54. The van der Waals surface area contributed by atoms with Crippen LogP contribution in [0.15, 0.2) is 34.5 Å². The summed E-state index contributed by atoms with van der Waals surface area (Å²) in [6.07, 6.45) is 0. The number of piperazine rings is 1. The van der Waals surface area contributed by atoms with Crippen molar-refractivity contribution in [3.05, 3.63) is 40.3 Å². The summed E-state index contributed by atoms with van der Waals surface area (Å²) in [7, 11) is -3.87. The molecule has 31 heavy (non-hydrogen) atoms. The van der Waals surface area contributed by atoms with Crippen molar-refractivity contribution in [3.63, 3.8) is 0 Å². The van der Waals surface area contributed by atoms with E-state index in [2.05, 4.69) is 19.9 Å². The Morgan fingerprint density at radius 2 is 1.81 bits per heavy atom. The van der Waals surface area contributed by atoms with E-state index in [1.165, 1.54) is 31.2 Å². The van der Waals surface area contributed by atoms with Gasteiger partial charge in [0.25, 0.3) is 0 Å². The van der Waals surface area contributed by atoms with Crippen LogP contribution in [0.5, 0.6) is 0 Å². The largest absolute Gasteiger partial charge is 0.339 e. The standard InChI is InChI=1S/C20H27N5O4S2/c1-14(23-31(28,29)19-6-4-17(5-7-19)21-15(2)26)20(27)25-10-8-24(9-11-25)12-18-13-30-16(3)22-18/h4-7,13-14,23H,8-12H2,1-3H3,(H,21,26)/t14-/m0/s1. The van der Waals surface area contributed by atoms with E-state index >= 15 is 0 Å². The molecule has 1 aliphatic rings. The molecule has 11 heteroatoms. The van der Waals surface area contributed by atoms with Gasteiger partial charge in [0.2, 0.25) is 21.8 Å². The van der Waals surface area contributed by atoms with E-state index in [-0.39, 0.29) is 16.7 Å². The number of aromatic nitrogens is 1. The minimum atomic E-state index is -3.87. The van der Waals surface area contributed by atoms with Crippen molar-refractivity contribution in [1.82, 2.24) is 19.5 Å². The quantitative estimate of drug-likeness (QED) is 0.640. The molecule has 1 aliphatic heterocycles. The molecule has 0 aliphatic carbocycles. The summed E-state index contributed by atoms with van der Waals surface area (Å²) < 4.78 is 27.7. The van der Waals surface area contributed by atoms with Gasteiger partial charge in [0, 0.05) is 50.7 Å². The Labute approximate surface area is 186 Å². The fourth-order valence-corrected chi connectivity index (χ4v) is 5.18. The third kappa shape index (κ3) is 6.33. The molecule has 0 radical (unpaired) electrons. The number of carbonyl (C=O) groups excluding carboxylic acids is 2. The van der Waals surface area contributed by atoms with E-state index in [0.717, 1.165) is 17.2 Å². The number of anilines is 1. The number of amides is 2. The summed E-state index contributed by atoms with van der Waals surface area (Å²) in [4.78, 5) is 32.3.